The number of rotatable bonds is 5. The van der Waals surface area contributed by atoms with E-state index >= 15 is 0 Å². The number of nitrogens with zero attached hydrogens (tertiary/aromatic N) is 1. The Balaban J connectivity index is 2.07. The van der Waals surface area contributed by atoms with Gasteiger partial charge in [-0.25, -0.2) is 0 Å². The summed E-state index contributed by atoms with van der Waals surface area (Å²) in [6, 6.07) is 8.82. The number of nitrogens with one attached hydrogen (secondary N) is 1. The van der Waals surface area contributed by atoms with Crippen molar-refractivity contribution in [2.24, 2.45) is 0 Å². The molecule has 0 bridgehead atoms. The summed E-state index contributed by atoms with van der Waals surface area (Å²) in [4.78, 5) is 23.6. The standard InChI is InChI=1S/C16H14Br2N2O3S/c1-9-3-4-10(2)14(5-9)24-8-15(21)19-16-12(17)6-11(20(22)23)7-13(16)18/h3-7H,8H2,1-2H3,(H,19,21). The molecule has 0 aliphatic heterocycles. The molecule has 0 saturated heterocycles. The number of nitro benzene ring substituents is 1. The Morgan fingerprint density at radius 1 is 1.21 bits per heavy atom. The van der Waals surface area contributed by atoms with Crippen LogP contribution in [-0.2, 0) is 4.79 Å². The predicted octanol–water partition coefficient (Wildman–Crippen LogP) is 5.47. The van der Waals surface area contributed by atoms with Crippen LogP contribution in [0.1, 0.15) is 11.1 Å². The number of carbonyl (C=O) groups is 1. The molecule has 1 N–H and O–H groups in total. The molecule has 0 heterocycles. The van der Waals surface area contributed by atoms with Crippen LogP contribution in [0.25, 0.3) is 0 Å². The molecule has 2 aromatic carbocycles. The number of anilines is 1. The fourth-order valence-corrected chi connectivity index (χ4v) is 4.25. The minimum absolute atomic E-state index is 0.0588. The van der Waals surface area contributed by atoms with Gasteiger partial charge < -0.3 is 5.32 Å². The lowest BCUT2D eigenvalue weighted by Crippen LogP contribution is -2.15. The summed E-state index contributed by atoms with van der Waals surface area (Å²) in [6.07, 6.45) is 0. The second kappa shape index (κ2) is 8.13. The zero-order valence-corrected chi connectivity index (χ0v) is 16.9. The summed E-state index contributed by atoms with van der Waals surface area (Å²) in [5.74, 6) is 0.0660. The Kier molecular flexibility index (Phi) is 6.42. The molecule has 0 aliphatic rings. The van der Waals surface area contributed by atoms with Crippen LogP contribution in [-0.4, -0.2) is 16.6 Å². The third-order valence-corrected chi connectivity index (χ3v) is 5.61. The van der Waals surface area contributed by atoms with Crippen molar-refractivity contribution in [3.63, 3.8) is 0 Å². The highest BCUT2D eigenvalue weighted by Gasteiger charge is 2.16. The largest absolute Gasteiger partial charge is 0.323 e. The molecule has 0 radical (unpaired) electrons. The van der Waals surface area contributed by atoms with Crippen molar-refractivity contribution in [1.82, 2.24) is 0 Å². The summed E-state index contributed by atoms with van der Waals surface area (Å²) in [5.41, 5.74) is 2.68. The molecular formula is C16H14Br2N2O3S. The molecule has 5 nitrogen and oxygen atoms in total. The molecule has 0 aromatic heterocycles. The maximum Gasteiger partial charge on any atom is 0.271 e. The lowest BCUT2D eigenvalue weighted by Gasteiger charge is -2.10. The second-order valence-electron chi connectivity index (χ2n) is 5.15. The monoisotopic (exact) mass is 472 g/mol. The maximum atomic E-state index is 12.2. The van der Waals surface area contributed by atoms with Crippen LogP contribution in [0.3, 0.4) is 0 Å². The van der Waals surface area contributed by atoms with Crippen molar-refractivity contribution in [3.05, 3.63) is 60.5 Å². The van der Waals surface area contributed by atoms with E-state index in [9.17, 15) is 14.9 Å². The zero-order chi connectivity index (χ0) is 17.9. The number of benzene rings is 2. The van der Waals surface area contributed by atoms with Crippen LogP contribution in [0.2, 0.25) is 0 Å². The first kappa shape index (κ1) is 19.0. The minimum Gasteiger partial charge on any atom is -0.323 e. The molecular weight excluding hydrogens is 460 g/mol. The van der Waals surface area contributed by atoms with E-state index in [4.69, 9.17) is 0 Å². The van der Waals surface area contributed by atoms with Gasteiger partial charge in [-0.05, 0) is 57.3 Å². The Bertz CT molecular complexity index is 789. The fraction of sp³-hybridized carbons (Fsp3) is 0.188. The zero-order valence-electron chi connectivity index (χ0n) is 12.9. The van der Waals surface area contributed by atoms with Gasteiger partial charge in [0.15, 0.2) is 0 Å². The van der Waals surface area contributed by atoms with E-state index < -0.39 is 4.92 Å². The molecule has 0 saturated carbocycles. The molecule has 1 amide bonds. The van der Waals surface area contributed by atoms with Gasteiger partial charge >= 0.3 is 0 Å². The number of amides is 1. The summed E-state index contributed by atoms with van der Waals surface area (Å²) in [6.45, 7) is 4.01. The molecule has 126 valence electrons. The molecule has 0 atom stereocenters. The van der Waals surface area contributed by atoms with E-state index in [1.165, 1.54) is 23.9 Å². The molecule has 2 rings (SSSR count). The molecule has 0 unspecified atom stereocenters. The van der Waals surface area contributed by atoms with Crippen LogP contribution in [0.15, 0.2) is 44.2 Å². The number of aryl methyl sites for hydroxylation is 2. The highest BCUT2D eigenvalue weighted by Crippen LogP contribution is 2.35. The number of non-ortho nitro benzene ring substituents is 1. The topological polar surface area (TPSA) is 72.2 Å². The van der Waals surface area contributed by atoms with E-state index in [1.54, 1.807) is 0 Å². The van der Waals surface area contributed by atoms with Gasteiger partial charge in [-0.1, -0.05) is 17.7 Å². The third-order valence-electron chi connectivity index (χ3n) is 3.20. The van der Waals surface area contributed by atoms with Crippen LogP contribution < -0.4 is 5.32 Å². The Morgan fingerprint density at radius 3 is 2.42 bits per heavy atom. The second-order valence-corrected chi connectivity index (χ2v) is 7.87. The van der Waals surface area contributed by atoms with Crippen LogP contribution >= 0.6 is 43.6 Å². The van der Waals surface area contributed by atoms with Crippen molar-refractivity contribution < 1.29 is 9.72 Å². The maximum absolute atomic E-state index is 12.2. The van der Waals surface area contributed by atoms with E-state index in [1.807, 2.05) is 32.0 Å². The van der Waals surface area contributed by atoms with Gasteiger partial charge in [0.05, 0.1) is 16.4 Å². The van der Waals surface area contributed by atoms with Crippen molar-refractivity contribution in [2.45, 2.75) is 18.7 Å². The smallest absolute Gasteiger partial charge is 0.271 e. The van der Waals surface area contributed by atoms with Crippen LogP contribution in [0.4, 0.5) is 11.4 Å². The van der Waals surface area contributed by atoms with Crippen LogP contribution in [0.5, 0.6) is 0 Å². The number of halogens is 2. The van der Waals surface area contributed by atoms with Crippen molar-refractivity contribution >= 4 is 60.9 Å². The first-order chi connectivity index (χ1) is 11.3. The van der Waals surface area contributed by atoms with E-state index in [2.05, 4.69) is 37.2 Å². The van der Waals surface area contributed by atoms with Gasteiger partial charge in [-0.3, -0.25) is 14.9 Å². The van der Waals surface area contributed by atoms with Gasteiger partial charge in [0.1, 0.15) is 0 Å². The lowest BCUT2D eigenvalue weighted by molar-refractivity contribution is -0.385. The molecule has 8 heteroatoms. The number of hydrogen-bond donors (Lipinski definition) is 1. The average Bonchev–Trinajstić information content (AvgIpc) is 2.51. The molecule has 0 spiro atoms. The first-order valence-corrected chi connectivity index (χ1v) is 9.48. The first-order valence-electron chi connectivity index (χ1n) is 6.91. The number of carbonyl (C=O) groups excluding carboxylic acids is 1. The molecule has 2 aromatic rings. The van der Waals surface area contributed by atoms with E-state index in [-0.39, 0.29) is 17.3 Å². The van der Waals surface area contributed by atoms with Gasteiger partial charge in [0.2, 0.25) is 5.91 Å². The van der Waals surface area contributed by atoms with Gasteiger partial charge in [0, 0.05) is 26.0 Å². The van der Waals surface area contributed by atoms with Crippen molar-refractivity contribution in [2.75, 3.05) is 11.1 Å². The highest BCUT2D eigenvalue weighted by atomic mass is 79.9. The third kappa shape index (κ3) is 4.81. The van der Waals surface area contributed by atoms with Crippen molar-refractivity contribution in [3.8, 4) is 0 Å². The van der Waals surface area contributed by atoms with Crippen molar-refractivity contribution in [1.29, 1.82) is 0 Å². The lowest BCUT2D eigenvalue weighted by atomic mass is 10.2. The van der Waals surface area contributed by atoms with E-state index in [0.29, 0.717) is 14.6 Å². The summed E-state index contributed by atoms with van der Waals surface area (Å²) in [7, 11) is 0. The van der Waals surface area contributed by atoms with E-state index in [0.717, 1.165) is 16.0 Å². The Morgan fingerprint density at radius 2 is 1.83 bits per heavy atom. The quantitative estimate of drug-likeness (QED) is 0.355. The summed E-state index contributed by atoms with van der Waals surface area (Å²) < 4.78 is 0.905. The molecule has 24 heavy (non-hydrogen) atoms. The van der Waals surface area contributed by atoms with Gasteiger partial charge in [-0.15, -0.1) is 11.8 Å². The number of thioether (sulfide) groups is 1. The minimum atomic E-state index is -0.489. The highest BCUT2D eigenvalue weighted by molar-refractivity contribution is 9.11. The SMILES string of the molecule is Cc1ccc(C)c(SCC(=O)Nc2c(Br)cc([N+](=O)[O-])cc2Br)c1. The normalized spacial score (nSPS) is 10.5. The fourth-order valence-electron chi connectivity index (χ4n) is 1.97. The molecule has 0 fully saturated rings. The van der Waals surface area contributed by atoms with Crippen LogP contribution in [0, 0.1) is 24.0 Å². The van der Waals surface area contributed by atoms with Gasteiger partial charge in [-0.2, -0.15) is 0 Å². The average molecular weight is 474 g/mol. The Hall–Kier alpha value is -1.38. The number of hydrogen-bond acceptors (Lipinski definition) is 4. The summed E-state index contributed by atoms with van der Waals surface area (Å²) >= 11 is 7.97. The number of nitro groups is 1. The van der Waals surface area contributed by atoms with Gasteiger partial charge in [0.25, 0.3) is 5.69 Å². The Labute approximate surface area is 160 Å². The molecule has 0 aliphatic carbocycles. The summed E-state index contributed by atoms with van der Waals surface area (Å²) in [5, 5.41) is 13.6. The predicted molar refractivity (Wildman–Crippen MR) is 104 cm³/mol.